The number of fused-ring (bicyclic) bond motifs is 1. The van der Waals surface area contributed by atoms with E-state index >= 15 is 0 Å². The average molecular weight is 489 g/mol. The first kappa shape index (κ1) is 23.8. The summed E-state index contributed by atoms with van der Waals surface area (Å²) in [5.41, 5.74) is -2.39. The fraction of sp³-hybridized carbons (Fsp3) is 0.136. The molecule has 0 aliphatic rings. The number of nitrogens with zero attached hydrogens (tertiary/aromatic N) is 1. The Morgan fingerprint density at radius 1 is 1.00 bits per heavy atom. The van der Waals surface area contributed by atoms with Crippen molar-refractivity contribution < 1.29 is 28.2 Å². The number of anilines is 1. The van der Waals surface area contributed by atoms with Gasteiger partial charge in [0.2, 0.25) is 0 Å². The highest BCUT2D eigenvalue weighted by molar-refractivity contribution is 5.89. The van der Waals surface area contributed by atoms with Gasteiger partial charge in [-0.25, -0.2) is 4.79 Å². The number of hydrogen-bond donors (Lipinski definition) is 6. The highest BCUT2D eigenvalue weighted by Crippen LogP contribution is 2.35. The first-order chi connectivity index (χ1) is 16.5. The van der Waals surface area contributed by atoms with Gasteiger partial charge in [-0.3, -0.25) is 9.59 Å². The highest BCUT2D eigenvalue weighted by atomic mass is 19.4. The Morgan fingerprint density at radius 2 is 1.63 bits per heavy atom. The number of benzene rings is 2. The van der Waals surface area contributed by atoms with Gasteiger partial charge < -0.3 is 35.4 Å². The summed E-state index contributed by atoms with van der Waals surface area (Å²) in [6.45, 7) is -0.00858. The van der Waals surface area contributed by atoms with Gasteiger partial charge in [-0.15, -0.1) is 0 Å². The molecule has 0 unspecified atom stereocenters. The van der Waals surface area contributed by atoms with Crippen molar-refractivity contribution in [2.75, 3.05) is 5.32 Å². The minimum Gasteiger partial charge on any atom is -0.364 e. The Kier molecular flexibility index (Phi) is 6.20. The quantitative estimate of drug-likeness (QED) is 0.188. The maximum absolute atomic E-state index is 13.7. The van der Waals surface area contributed by atoms with Gasteiger partial charge in [0.25, 0.3) is 0 Å². The van der Waals surface area contributed by atoms with Crippen LogP contribution in [0.25, 0.3) is 16.7 Å². The molecule has 0 aliphatic heterocycles. The molecule has 0 atom stereocenters. The van der Waals surface area contributed by atoms with Gasteiger partial charge in [0, 0.05) is 30.2 Å². The number of aliphatic hydroxyl groups excluding tert-OH is 1. The molecule has 0 radical (unpaired) electrons. The maximum atomic E-state index is 13.7. The fourth-order valence-electron chi connectivity index (χ4n) is 3.39. The molecule has 0 spiro atoms. The van der Waals surface area contributed by atoms with Crippen LogP contribution < -0.4 is 21.8 Å². The van der Waals surface area contributed by atoms with Crippen LogP contribution in [0.4, 0.5) is 23.7 Å². The largest absolute Gasteiger partial charge is 0.418 e. The number of carbonyl (C=O) groups excluding carboxylic acids is 1. The second-order valence-corrected chi connectivity index (χ2v) is 7.55. The van der Waals surface area contributed by atoms with E-state index in [4.69, 9.17) is 10.2 Å². The van der Waals surface area contributed by atoms with Gasteiger partial charge >= 0.3 is 23.3 Å². The molecule has 35 heavy (non-hydrogen) atoms. The van der Waals surface area contributed by atoms with Crippen LogP contribution in [-0.2, 0) is 12.7 Å². The molecule has 2 aromatic carbocycles. The average Bonchev–Trinajstić information content (AvgIpc) is 3.26. The molecule has 4 rings (SSSR count). The second kappa shape index (κ2) is 9.12. The van der Waals surface area contributed by atoms with Gasteiger partial charge in [-0.2, -0.15) is 13.2 Å². The standard InChI is InChI=1S/C22H18F3N5O5/c23-22(24,25)14-7-15-16(29-19(32)18(31)28-15)8-17(14)30-6-5-11(10-30)9-26-21(35)27-13-3-1-12(2-4-13)20(33)34/h1-8,10,20,33-34H,9H2,(H,28,31)(H,29,32)(H2,26,27,35). The van der Waals surface area contributed by atoms with Gasteiger partial charge in [0.1, 0.15) is 0 Å². The fourth-order valence-corrected chi connectivity index (χ4v) is 3.39. The van der Waals surface area contributed by atoms with Gasteiger partial charge in [0.15, 0.2) is 6.29 Å². The van der Waals surface area contributed by atoms with Crippen LogP contribution >= 0.6 is 0 Å². The summed E-state index contributed by atoms with van der Waals surface area (Å²) in [6, 6.07) is 8.56. The molecule has 0 fully saturated rings. The minimum absolute atomic E-state index is 0.00858. The zero-order valence-electron chi connectivity index (χ0n) is 17.7. The topological polar surface area (TPSA) is 152 Å². The van der Waals surface area contributed by atoms with Crippen molar-refractivity contribution in [1.29, 1.82) is 0 Å². The smallest absolute Gasteiger partial charge is 0.364 e. The van der Waals surface area contributed by atoms with Gasteiger partial charge in [-0.1, -0.05) is 12.1 Å². The molecule has 182 valence electrons. The lowest BCUT2D eigenvalue weighted by atomic mass is 10.1. The molecule has 0 saturated heterocycles. The molecule has 10 nitrogen and oxygen atoms in total. The maximum Gasteiger partial charge on any atom is 0.418 e. The van der Waals surface area contributed by atoms with E-state index in [1.54, 1.807) is 0 Å². The monoisotopic (exact) mass is 489 g/mol. The molecule has 13 heteroatoms. The predicted octanol–water partition coefficient (Wildman–Crippen LogP) is 2.33. The second-order valence-electron chi connectivity index (χ2n) is 7.55. The van der Waals surface area contributed by atoms with Crippen molar-refractivity contribution in [1.82, 2.24) is 19.9 Å². The van der Waals surface area contributed by atoms with Crippen LogP contribution in [0.5, 0.6) is 0 Å². The first-order valence-electron chi connectivity index (χ1n) is 10.1. The van der Waals surface area contributed by atoms with Crippen molar-refractivity contribution in [2.24, 2.45) is 0 Å². The summed E-state index contributed by atoms with van der Waals surface area (Å²) >= 11 is 0. The van der Waals surface area contributed by atoms with E-state index in [1.165, 1.54) is 47.3 Å². The van der Waals surface area contributed by atoms with Crippen molar-refractivity contribution in [3.8, 4) is 5.69 Å². The lowest BCUT2D eigenvalue weighted by Crippen LogP contribution is -2.29. The summed E-state index contributed by atoms with van der Waals surface area (Å²) in [4.78, 5) is 39.6. The van der Waals surface area contributed by atoms with Crippen LogP contribution in [0, 0.1) is 0 Å². The minimum atomic E-state index is -4.75. The van der Waals surface area contributed by atoms with Crippen LogP contribution in [0.2, 0.25) is 0 Å². The third kappa shape index (κ3) is 5.26. The van der Waals surface area contributed by atoms with Gasteiger partial charge in [0.05, 0.1) is 22.3 Å². The van der Waals surface area contributed by atoms with Crippen molar-refractivity contribution in [3.63, 3.8) is 0 Å². The van der Waals surface area contributed by atoms with Crippen LogP contribution in [0.15, 0.2) is 64.4 Å². The number of hydrogen-bond acceptors (Lipinski definition) is 5. The Bertz CT molecular complexity index is 1500. The number of alkyl halides is 3. The summed E-state index contributed by atoms with van der Waals surface area (Å²) < 4.78 is 42.3. The zero-order chi connectivity index (χ0) is 25.3. The lowest BCUT2D eigenvalue weighted by molar-refractivity contribution is -0.137. The molecule has 0 saturated carbocycles. The number of nitrogens with one attached hydrogen (secondary N) is 4. The van der Waals surface area contributed by atoms with Crippen LogP contribution in [0.1, 0.15) is 23.0 Å². The third-order valence-corrected chi connectivity index (χ3v) is 5.10. The number of H-pyrrole nitrogens is 2. The molecular formula is C22H18F3N5O5. The molecule has 0 bridgehead atoms. The Hall–Kier alpha value is -4.36. The number of rotatable bonds is 5. The summed E-state index contributed by atoms with van der Waals surface area (Å²) in [5, 5.41) is 23.3. The lowest BCUT2D eigenvalue weighted by Gasteiger charge is -2.15. The molecular weight excluding hydrogens is 471 g/mol. The van der Waals surface area contributed by atoms with E-state index in [0.717, 1.165) is 12.1 Å². The number of aromatic amines is 2. The number of halogens is 3. The van der Waals surface area contributed by atoms with Crippen molar-refractivity contribution >= 4 is 22.8 Å². The van der Waals surface area contributed by atoms with Gasteiger partial charge in [-0.05, 0) is 35.9 Å². The van der Waals surface area contributed by atoms with E-state index in [1.807, 2.05) is 0 Å². The van der Waals surface area contributed by atoms with Crippen LogP contribution in [0.3, 0.4) is 0 Å². The Morgan fingerprint density at radius 3 is 2.23 bits per heavy atom. The molecule has 6 N–H and O–H groups in total. The van der Waals surface area contributed by atoms with Crippen molar-refractivity contribution in [3.05, 3.63) is 92.3 Å². The number of amides is 2. The SMILES string of the molecule is O=C(NCc1ccn(-c2cc3[nH]c(=O)c(=O)[nH]c3cc2C(F)(F)F)c1)Nc1ccc(C(O)O)cc1. The molecule has 2 aromatic heterocycles. The Labute approximate surface area is 193 Å². The Balaban J connectivity index is 1.53. The summed E-state index contributed by atoms with van der Waals surface area (Å²) in [5.74, 6) is 0. The van der Waals surface area contributed by atoms with Crippen molar-refractivity contribution in [2.45, 2.75) is 19.0 Å². The normalized spacial score (nSPS) is 11.7. The molecule has 0 aliphatic carbocycles. The third-order valence-electron chi connectivity index (χ3n) is 5.10. The zero-order valence-corrected chi connectivity index (χ0v) is 17.7. The number of aliphatic hydroxyl groups is 2. The number of urea groups is 1. The van der Waals surface area contributed by atoms with E-state index in [2.05, 4.69) is 20.6 Å². The number of aromatic nitrogens is 3. The van der Waals surface area contributed by atoms with E-state index in [0.29, 0.717) is 11.3 Å². The number of carbonyl (C=O) groups is 1. The summed E-state index contributed by atoms with van der Waals surface area (Å²) in [6.07, 6.45) is -3.63. The predicted molar refractivity (Wildman–Crippen MR) is 119 cm³/mol. The van der Waals surface area contributed by atoms with E-state index in [9.17, 15) is 27.6 Å². The molecule has 2 heterocycles. The first-order valence-corrected chi connectivity index (χ1v) is 10.1. The molecule has 4 aromatic rings. The highest BCUT2D eigenvalue weighted by Gasteiger charge is 2.34. The molecule has 2 amide bonds. The van der Waals surface area contributed by atoms with E-state index in [-0.39, 0.29) is 28.8 Å². The van der Waals surface area contributed by atoms with Crippen LogP contribution in [-0.4, -0.2) is 30.8 Å². The summed E-state index contributed by atoms with van der Waals surface area (Å²) in [7, 11) is 0. The van der Waals surface area contributed by atoms with E-state index < -0.39 is 35.2 Å².